The second kappa shape index (κ2) is 15.1. The summed E-state index contributed by atoms with van der Waals surface area (Å²) in [5.41, 5.74) is -1.59. The molecule has 12 N–H and O–H groups in total. The molecule has 0 unspecified atom stereocenters. The third-order valence-corrected chi connectivity index (χ3v) is 9.36. The van der Waals surface area contributed by atoms with E-state index in [0.29, 0.717) is 0 Å². The summed E-state index contributed by atoms with van der Waals surface area (Å²) >= 11 is 0. The van der Waals surface area contributed by atoms with Gasteiger partial charge >= 0.3 is 0 Å². The van der Waals surface area contributed by atoms with Gasteiger partial charge in [0.05, 0.1) is 18.8 Å². The molecule has 20 heteroatoms. The molecule has 0 radical (unpaired) electrons. The summed E-state index contributed by atoms with van der Waals surface area (Å²) in [6.45, 7) is 1.90. The van der Waals surface area contributed by atoms with Crippen LogP contribution in [0.3, 0.4) is 0 Å². The minimum atomic E-state index is -1.97. The van der Waals surface area contributed by atoms with Crippen molar-refractivity contribution in [1.29, 1.82) is 0 Å². The van der Waals surface area contributed by atoms with Crippen LogP contribution in [0, 0.1) is 0 Å². The van der Waals surface area contributed by atoms with Crippen molar-refractivity contribution >= 4 is 11.0 Å². The van der Waals surface area contributed by atoms with E-state index in [1.54, 1.807) is 0 Å². The predicted molar refractivity (Wildman–Crippen MR) is 172 cm³/mol. The van der Waals surface area contributed by atoms with E-state index >= 15 is 0 Å². The fourth-order valence-electron chi connectivity index (χ4n) is 6.23. The summed E-state index contributed by atoms with van der Waals surface area (Å²) < 4.78 is 39.9. The van der Waals surface area contributed by atoms with Gasteiger partial charge in [0.1, 0.15) is 77.4 Å². The van der Waals surface area contributed by atoms with Gasteiger partial charge in [-0.3, -0.25) is 4.79 Å². The maximum absolute atomic E-state index is 14.2. The van der Waals surface area contributed by atoms with Crippen molar-refractivity contribution in [2.45, 2.75) is 106 Å². The second-order valence-electron chi connectivity index (χ2n) is 13.0. The summed E-state index contributed by atoms with van der Waals surface area (Å²) in [5, 5.41) is 124. The Morgan fingerprint density at radius 1 is 0.642 bits per heavy atom. The van der Waals surface area contributed by atoms with Gasteiger partial charge in [-0.1, -0.05) is 0 Å². The van der Waals surface area contributed by atoms with Crippen LogP contribution in [0.1, 0.15) is 13.8 Å². The number of rotatable bonds is 8. The van der Waals surface area contributed by atoms with Gasteiger partial charge in [0.15, 0.2) is 29.7 Å². The molecule has 0 bridgehead atoms. The Labute approximate surface area is 298 Å². The van der Waals surface area contributed by atoms with Crippen LogP contribution in [0.15, 0.2) is 39.5 Å². The molecule has 6 rings (SSSR count). The first-order valence-corrected chi connectivity index (χ1v) is 16.4. The van der Waals surface area contributed by atoms with Crippen molar-refractivity contribution in [3.63, 3.8) is 0 Å². The van der Waals surface area contributed by atoms with E-state index < -0.39 is 138 Å². The van der Waals surface area contributed by atoms with Gasteiger partial charge in [-0.05, 0) is 32.0 Å². The highest BCUT2D eigenvalue weighted by atomic mass is 16.8. The average Bonchev–Trinajstić information content (AvgIpc) is 3.12. The minimum Gasteiger partial charge on any atom is -0.507 e. The zero-order valence-electron chi connectivity index (χ0n) is 27.9. The quantitative estimate of drug-likeness (QED) is 0.101. The monoisotopic (exact) mass is 756 g/mol. The molecule has 3 aliphatic rings. The van der Waals surface area contributed by atoms with Gasteiger partial charge in [-0.2, -0.15) is 0 Å². The summed E-state index contributed by atoms with van der Waals surface area (Å²) in [5.74, 6) is -3.49. The number of phenolic OH excluding ortho intramolecular Hbond substituents is 3. The number of aliphatic hydroxyl groups is 9. The van der Waals surface area contributed by atoms with Crippen molar-refractivity contribution < 1.29 is 94.1 Å². The second-order valence-corrected chi connectivity index (χ2v) is 13.0. The van der Waals surface area contributed by atoms with E-state index in [4.69, 9.17) is 32.8 Å². The molecular weight excluding hydrogens is 716 g/mol. The summed E-state index contributed by atoms with van der Waals surface area (Å²) in [6.07, 6.45) is -24.6. The van der Waals surface area contributed by atoms with Crippen LogP contribution in [0.5, 0.6) is 28.7 Å². The number of benzene rings is 2. The fraction of sp³-hybridized carbons (Fsp3) is 0.545. The predicted octanol–water partition coefficient (Wildman–Crippen LogP) is -3.19. The molecule has 0 amide bonds. The molecule has 0 aliphatic carbocycles. The van der Waals surface area contributed by atoms with Crippen molar-refractivity contribution in [3.05, 3.63) is 40.6 Å². The molecule has 1 aromatic heterocycles. The molecule has 3 aliphatic heterocycles. The number of aliphatic hydroxyl groups excluding tert-OH is 9. The normalized spacial score (nSPS) is 37.8. The lowest BCUT2D eigenvalue weighted by Crippen LogP contribution is -2.64. The first-order valence-electron chi connectivity index (χ1n) is 16.4. The highest BCUT2D eigenvalue weighted by Crippen LogP contribution is 2.40. The first kappa shape index (κ1) is 38.8. The summed E-state index contributed by atoms with van der Waals surface area (Å²) in [4.78, 5) is 14.2. The fourth-order valence-corrected chi connectivity index (χ4v) is 6.23. The molecule has 3 fully saturated rings. The lowest BCUT2D eigenvalue weighted by molar-refractivity contribution is -0.354. The van der Waals surface area contributed by atoms with Crippen LogP contribution in [0.4, 0.5) is 0 Å². The van der Waals surface area contributed by atoms with E-state index in [2.05, 4.69) is 0 Å². The molecular formula is C33H40O20. The number of phenols is 3. The zero-order valence-corrected chi connectivity index (χ0v) is 27.9. The molecule has 3 aromatic rings. The Morgan fingerprint density at radius 3 is 1.89 bits per heavy atom. The SMILES string of the molecule is C[C@@H]1O[C@@H](Oc2cc(O)c3c(=O)c(O[C@@H]4O[C@@H](CO)[C@@H](O)[C@@H](O)[C@H]4O[C@@H]4O[C@H](C)[C@H](O)[C@H](O)[C@H]4O)c(-c4ccc(O)c(O)c4)oc3c2)[C@@H](O)[C@@H](O)[C@H]1O. The lowest BCUT2D eigenvalue weighted by atomic mass is 9.97. The van der Waals surface area contributed by atoms with Gasteiger partial charge in [-0.25, -0.2) is 0 Å². The van der Waals surface area contributed by atoms with E-state index in [9.17, 15) is 66.1 Å². The van der Waals surface area contributed by atoms with Crippen molar-refractivity contribution in [2.75, 3.05) is 6.61 Å². The Morgan fingerprint density at radius 2 is 1.26 bits per heavy atom. The van der Waals surface area contributed by atoms with Gasteiger partial charge in [0.25, 0.3) is 0 Å². The average molecular weight is 757 g/mol. The van der Waals surface area contributed by atoms with Crippen LogP contribution < -0.4 is 14.9 Å². The van der Waals surface area contributed by atoms with Gasteiger partial charge in [0, 0.05) is 17.7 Å². The highest BCUT2D eigenvalue weighted by Gasteiger charge is 2.51. The number of hydrogen-bond acceptors (Lipinski definition) is 20. The molecule has 0 spiro atoms. The van der Waals surface area contributed by atoms with Gasteiger partial charge in [0.2, 0.25) is 23.8 Å². The minimum absolute atomic E-state index is 0.110. The number of aromatic hydroxyl groups is 3. The Kier molecular flexibility index (Phi) is 11.1. The lowest BCUT2D eigenvalue weighted by Gasteiger charge is -2.45. The Bertz CT molecular complexity index is 1830. The van der Waals surface area contributed by atoms with E-state index in [0.717, 1.165) is 24.3 Å². The topological polar surface area (TPSA) is 328 Å². The maximum Gasteiger partial charge on any atom is 0.239 e. The maximum atomic E-state index is 14.2. The number of ether oxygens (including phenoxy) is 6. The van der Waals surface area contributed by atoms with Crippen molar-refractivity contribution in [1.82, 2.24) is 0 Å². The van der Waals surface area contributed by atoms with Crippen LogP contribution >= 0.6 is 0 Å². The highest BCUT2D eigenvalue weighted by molar-refractivity contribution is 5.88. The largest absolute Gasteiger partial charge is 0.507 e. The van der Waals surface area contributed by atoms with Crippen LogP contribution in [-0.4, -0.2) is 160 Å². The molecule has 20 nitrogen and oxygen atoms in total. The molecule has 15 atom stereocenters. The molecule has 0 saturated carbocycles. The first-order chi connectivity index (χ1) is 25.0. The zero-order chi connectivity index (χ0) is 38.6. The third-order valence-electron chi connectivity index (χ3n) is 9.36. The molecule has 2 aromatic carbocycles. The third kappa shape index (κ3) is 7.22. The number of hydrogen-bond donors (Lipinski definition) is 12. The molecule has 3 saturated heterocycles. The summed E-state index contributed by atoms with van der Waals surface area (Å²) in [7, 11) is 0. The van der Waals surface area contributed by atoms with Crippen LogP contribution in [0.2, 0.25) is 0 Å². The smallest absolute Gasteiger partial charge is 0.239 e. The van der Waals surface area contributed by atoms with E-state index in [1.807, 2.05) is 0 Å². The van der Waals surface area contributed by atoms with Crippen molar-refractivity contribution in [2.24, 2.45) is 0 Å². The summed E-state index contributed by atoms with van der Waals surface area (Å²) in [6, 6.07) is 5.29. The molecule has 53 heavy (non-hydrogen) atoms. The van der Waals surface area contributed by atoms with Crippen LogP contribution in [0.25, 0.3) is 22.3 Å². The van der Waals surface area contributed by atoms with Crippen LogP contribution in [-0.2, 0) is 18.9 Å². The standard InChI is InChI=1S/C33H40O20/c1-9-19(38)23(42)26(45)31(47-9)49-12-6-15(37)18-16(7-12)50-28(11-3-4-13(35)14(36)5-11)29(22(18)41)52-33-30(25(44)21(40)17(8-34)51-33)53-32-27(46)24(43)20(39)10(2)48-32/h3-7,9-10,17,19-21,23-27,30-40,42-46H,8H2,1-2H3/t9-,10+,17-,19-,20-,21+,23-,24-,25+,26-,27+,30+,31-,32-,33-/m0/s1. The Balaban J connectivity index is 1.43. The van der Waals surface area contributed by atoms with Gasteiger partial charge in [-0.15, -0.1) is 0 Å². The Hall–Kier alpha value is -3.87. The van der Waals surface area contributed by atoms with Gasteiger partial charge < -0.3 is 94.1 Å². The van der Waals surface area contributed by atoms with E-state index in [1.165, 1.54) is 19.9 Å². The van der Waals surface area contributed by atoms with E-state index in [-0.39, 0.29) is 16.9 Å². The molecule has 4 heterocycles. The molecule has 292 valence electrons. The number of fused-ring (bicyclic) bond motifs is 1. The van der Waals surface area contributed by atoms with Crippen molar-refractivity contribution in [3.8, 4) is 40.1 Å².